The maximum atomic E-state index is 12.3. The highest BCUT2D eigenvalue weighted by Gasteiger charge is 2.25. The van der Waals surface area contributed by atoms with Gasteiger partial charge in [0, 0.05) is 41.8 Å². The molecule has 0 bridgehead atoms. The lowest BCUT2D eigenvalue weighted by molar-refractivity contribution is -0.119. The standard InChI is InChI=1S/C23H26N4O4/c1-26(2)14-21(28)27(3)17-8-6-16(7-9-17)24-12-11-19-18-10-5-15(23(30)31-4)13-20(18)25-22(19)29/h5-11,13,24H,12,14H2,1-4H3,(H,25,29)/b19-11-. The fourth-order valence-electron chi connectivity index (χ4n) is 3.24. The van der Waals surface area contributed by atoms with E-state index in [1.165, 1.54) is 7.11 Å². The lowest BCUT2D eigenvalue weighted by Gasteiger charge is -2.20. The van der Waals surface area contributed by atoms with Crippen molar-refractivity contribution in [1.29, 1.82) is 0 Å². The van der Waals surface area contributed by atoms with E-state index in [0.29, 0.717) is 29.9 Å². The second-order valence-electron chi connectivity index (χ2n) is 7.44. The second kappa shape index (κ2) is 9.44. The van der Waals surface area contributed by atoms with Crippen LogP contribution < -0.4 is 15.5 Å². The van der Waals surface area contributed by atoms with Crippen LogP contribution in [0.15, 0.2) is 48.5 Å². The molecule has 31 heavy (non-hydrogen) atoms. The summed E-state index contributed by atoms with van der Waals surface area (Å²) in [6.07, 6.45) is 1.81. The number of nitrogens with one attached hydrogen (secondary N) is 2. The lowest BCUT2D eigenvalue weighted by Crippen LogP contribution is -2.34. The second-order valence-corrected chi connectivity index (χ2v) is 7.44. The zero-order chi connectivity index (χ0) is 22.5. The van der Waals surface area contributed by atoms with E-state index < -0.39 is 5.97 Å². The third-order valence-electron chi connectivity index (χ3n) is 4.92. The smallest absolute Gasteiger partial charge is 0.337 e. The maximum Gasteiger partial charge on any atom is 0.337 e. The quantitative estimate of drug-likeness (QED) is 0.526. The summed E-state index contributed by atoms with van der Waals surface area (Å²) in [5.41, 5.74) is 3.94. The zero-order valence-corrected chi connectivity index (χ0v) is 18.1. The maximum absolute atomic E-state index is 12.3. The number of ether oxygens (including phenoxy) is 1. The van der Waals surface area contributed by atoms with Gasteiger partial charge in [0.05, 0.1) is 19.2 Å². The average Bonchev–Trinajstić information content (AvgIpc) is 3.07. The summed E-state index contributed by atoms with van der Waals surface area (Å²) in [5, 5.41) is 6.02. The molecule has 8 heteroatoms. The molecule has 1 aliphatic heterocycles. The van der Waals surface area contributed by atoms with Gasteiger partial charge in [0.15, 0.2) is 0 Å². The Bertz CT molecular complexity index is 1030. The Morgan fingerprint density at radius 1 is 1.10 bits per heavy atom. The van der Waals surface area contributed by atoms with E-state index in [9.17, 15) is 14.4 Å². The highest BCUT2D eigenvalue weighted by molar-refractivity contribution is 6.31. The van der Waals surface area contributed by atoms with Crippen LogP contribution in [0.5, 0.6) is 0 Å². The summed E-state index contributed by atoms with van der Waals surface area (Å²) in [7, 11) is 6.78. The number of methoxy groups -OCH3 is 1. The summed E-state index contributed by atoms with van der Waals surface area (Å²) < 4.78 is 4.72. The highest BCUT2D eigenvalue weighted by atomic mass is 16.5. The molecule has 8 nitrogen and oxygen atoms in total. The molecule has 0 unspecified atom stereocenters. The van der Waals surface area contributed by atoms with Crippen LogP contribution in [0.4, 0.5) is 17.1 Å². The number of hydrogen-bond donors (Lipinski definition) is 2. The average molecular weight is 422 g/mol. The third-order valence-corrected chi connectivity index (χ3v) is 4.92. The minimum absolute atomic E-state index is 0.0108. The molecule has 0 aromatic heterocycles. The van der Waals surface area contributed by atoms with Crippen molar-refractivity contribution >= 4 is 40.4 Å². The number of anilines is 3. The molecule has 2 amide bonds. The van der Waals surface area contributed by atoms with Gasteiger partial charge in [-0.2, -0.15) is 0 Å². The van der Waals surface area contributed by atoms with Crippen LogP contribution in [-0.4, -0.2) is 64.0 Å². The number of esters is 1. The highest BCUT2D eigenvalue weighted by Crippen LogP contribution is 2.32. The number of carbonyl (C=O) groups excluding carboxylic acids is 3. The van der Waals surface area contributed by atoms with Crippen molar-refractivity contribution < 1.29 is 19.1 Å². The fraction of sp³-hybridized carbons (Fsp3) is 0.261. The molecule has 0 aliphatic carbocycles. The number of carbonyl (C=O) groups is 3. The minimum atomic E-state index is -0.450. The van der Waals surface area contributed by atoms with Crippen LogP contribution in [0.3, 0.4) is 0 Å². The van der Waals surface area contributed by atoms with Gasteiger partial charge in [0.1, 0.15) is 0 Å². The predicted octanol–water partition coefficient (Wildman–Crippen LogP) is 2.45. The van der Waals surface area contributed by atoms with Gasteiger partial charge >= 0.3 is 5.97 Å². The number of benzene rings is 2. The molecule has 2 aromatic rings. The Balaban J connectivity index is 1.64. The van der Waals surface area contributed by atoms with Crippen molar-refractivity contribution in [3.8, 4) is 0 Å². The third kappa shape index (κ3) is 5.10. The minimum Gasteiger partial charge on any atom is -0.465 e. The Hall–Kier alpha value is -3.65. The largest absolute Gasteiger partial charge is 0.465 e. The zero-order valence-electron chi connectivity index (χ0n) is 18.1. The predicted molar refractivity (Wildman–Crippen MR) is 121 cm³/mol. The summed E-state index contributed by atoms with van der Waals surface area (Å²) >= 11 is 0. The van der Waals surface area contributed by atoms with Crippen molar-refractivity contribution in [2.45, 2.75) is 0 Å². The van der Waals surface area contributed by atoms with Gasteiger partial charge in [0.25, 0.3) is 5.91 Å². The van der Waals surface area contributed by atoms with E-state index in [1.807, 2.05) is 43.3 Å². The molecular weight excluding hydrogens is 396 g/mol. The first-order valence-corrected chi connectivity index (χ1v) is 9.79. The van der Waals surface area contributed by atoms with Gasteiger partial charge in [0.2, 0.25) is 5.91 Å². The van der Waals surface area contributed by atoms with Crippen molar-refractivity contribution in [3.05, 3.63) is 59.7 Å². The van der Waals surface area contributed by atoms with Crippen LogP contribution in [0, 0.1) is 0 Å². The van der Waals surface area contributed by atoms with Gasteiger partial charge < -0.3 is 25.2 Å². The Morgan fingerprint density at radius 2 is 1.81 bits per heavy atom. The number of rotatable bonds is 7. The lowest BCUT2D eigenvalue weighted by atomic mass is 10.0. The van der Waals surface area contributed by atoms with Crippen LogP contribution in [0.2, 0.25) is 0 Å². The van der Waals surface area contributed by atoms with E-state index in [1.54, 1.807) is 36.2 Å². The molecule has 3 rings (SSSR count). The van der Waals surface area contributed by atoms with E-state index in [2.05, 4.69) is 10.6 Å². The number of likely N-dealkylation sites (N-methyl/N-ethyl adjacent to an activating group) is 2. The Labute approximate surface area is 181 Å². The fourth-order valence-corrected chi connectivity index (χ4v) is 3.24. The van der Waals surface area contributed by atoms with E-state index in [0.717, 1.165) is 16.9 Å². The summed E-state index contributed by atoms with van der Waals surface area (Å²) in [5.74, 6) is -0.652. The summed E-state index contributed by atoms with van der Waals surface area (Å²) in [6.45, 7) is 0.782. The molecule has 2 aromatic carbocycles. The number of hydrogen-bond acceptors (Lipinski definition) is 6. The molecule has 0 spiro atoms. The topological polar surface area (TPSA) is 91.0 Å². The molecule has 0 saturated carbocycles. The molecule has 0 atom stereocenters. The Kier molecular flexibility index (Phi) is 6.71. The van der Waals surface area contributed by atoms with Gasteiger partial charge in [-0.25, -0.2) is 4.79 Å². The molecule has 0 saturated heterocycles. The molecular formula is C23H26N4O4. The van der Waals surface area contributed by atoms with Crippen LogP contribution >= 0.6 is 0 Å². The normalized spacial score (nSPS) is 13.7. The molecule has 2 N–H and O–H groups in total. The van der Waals surface area contributed by atoms with E-state index >= 15 is 0 Å². The molecule has 0 radical (unpaired) electrons. The van der Waals surface area contributed by atoms with Crippen LogP contribution in [0.1, 0.15) is 15.9 Å². The number of fused-ring (bicyclic) bond motifs is 1. The van der Waals surface area contributed by atoms with Crippen molar-refractivity contribution in [2.75, 3.05) is 56.9 Å². The van der Waals surface area contributed by atoms with E-state index in [-0.39, 0.29) is 11.8 Å². The SMILES string of the molecule is COC(=O)c1ccc2c(c1)NC(=O)/C2=C\CNc1ccc(N(C)C(=O)CN(C)C)cc1. The summed E-state index contributed by atoms with van der Waals surface area (Å²) in [4.78, 5) is 39.6. The van der Waals surface area contributed by atoms with Crippen molar-refractivity contribution in [2.24, 2.45) is 0 Å². The van der Waals surface area contributed by atoms with Crippen LogP contribution in [0.25, 0.3) is 5.57 Å². The molecule has 0 fully saturated rings. The number of amides is 2. The van der Waals surface area contributed by atoms with Gasteiger partial charge in [-0.05, 0) is 50.5 Å². The molecule has 1 heterocycles. The Morgan fingerprint density at radius 3 is 2.45 bits per heavy atom. The first-order valence-electron chi connectivity index (χ1n) is 9.79. The first kappa shape index (κ1) is 22.0. The van der Waals surface area contributed by atoms with E-state index in [4.69, 9.17) is 4.74 Å². The van der Waals surface area contributed by atoms with Gasteiger partial charge in [-0.1, -0.05) is 12.1 Å². The van der Waals surface area contributed by atoms with Crippen LogP contribution in [-0.2, 0) is 14.3 Å². The monoisotopic (exact) mass is 422 g/mol. The summed E-state index contributed by atoms with van der Waals surface area (Å²) in [6, 6.07) is 12.5. The van der Waals surface area contributed by atoms with Crippen molar-refractivity contribution in [3.63, 3.8) is 0 Å². The molecule has 1 aliphatic rings. The van der Waals surface area contributed by atoms with Crippen molar-refractivity contribution in [1.82, 2.24) is 4.90 Å². The molecule has 162 valence electrons. The van der Waals surface area contributed by atoms with Gasteiger partial charge in [-0.15, -0.1) is 0 Å². The first-order chi connectivity index (χ1) is 14.8. The number of nitrogens with zero attached hydrogens (tertiary/aromatic N) is 2. The van der Waals surface area contributed by atoms with Gasteiger partial charge in [-0.3, -0.25) is 9.59 Å².